The van der Waals surface area contributed by atoms with E-state index in [0.29, 0.717) is 5.56 Å². The predicted octanol–water partition coefficient (Wildman–Crippen LogP) is 2.35. The molecule has 0 saturated carbocycles. The van der Waals surface area contributed by atoms with Crippen LogP contribution in [0.4, 0.5) is 5.82 Å². The van der Waals surface area contributed by atoms with E-state index in [1.54, 1.807) is 19.2 Å². The lowest BCUT2D eigenvalue weighted by atomic mass is 10.1. The third-order valence-corrected chi connectivity index (χ3v) is 2.79. The average Bonchev–Trinajstić information content (AvgIpc) is 2.34. The average molecular weight is 235 g/mol. The van der Waals surface area contributed by atoms with Gasteiger partial charge in [-0.05, 0) is 31.9 Å². The Morgan fingerprint density at radius 3 is 2.53 bits per heavy atom. The van der Waals surface area contributed by atoms with Crippen molar-refractivity contribution in [2.24, 2.45) is 0 Å². The molecule has 0 atom stereocenters. The van der Waals surface area contributed by atoms with Crippen LogP contribution in [0, 0.1) is 6.92 Å². The largest absolute Gasteiger partial charge is 0.373 e. The van der Waals surface area contributed by atoms with Gasteiger partial charge in [-0.2, -0.15) is 0 Å². The normalized spacial score (nSPS) is 10.4. The first-order valence-electron chi connectivity index (χ1n) is 6.08. The fourth-order valence-corrected chi connectivity index (χ4v) is 1.69. The van der Waals surface area contributed by atoms with Crippen LogP contribution in [-0.2, 0) is 0 Å². The summed E-state index contributed by atoms with van der Waals surface area (Å²) in [7, 11) is 1.80. The van der Waals surface area contributed by atoms with Gasteiger partial charge in [0.25, 0.3) is 5.91 Å². The summed E-state index contributed by atoms with van der Waals surface area (Å²) in [6, 6.07) is 3.82. The van der Waals surface area contributed by atoms with Crippen molar-refractivity contribution in [3.8, 4) is 0 Å². The summed E-state index contributed by atoms with van der Waals surface area (Å²) in [6.45, 7) is 6.03. The Kier molecular flexibility index (Phi) is 4.94. The van der Waals surface area contributed by atoms with Gasteiger partial charge in [0.2, 0.25) is 0 Å². The van der Waals surface area contributed by atoms with Crippen molar-refractivity contribution < 1.29 is 4.79 Å². The predicted molar refractivity (Wildman–Crippen MR) is 70.4 cm³/mol. The van der Waals surface area contributed by atoms with Crippen molar-refractivity contribution in [1.82, 2.24) is 10.3 Å². The number of hydrogen-bond donors (Lipinski definition) is 2. The Morgan fingerprint density at radius 2 is 2.00 bits per heavy atom. The SMILES string of the molecule is CCC(CC)NC(=O)c1cc(C)nc(NC)c1. The third kappa shape index (κ3) is 3.73. The molecule has 94 valence electrons. The highest BCUT2D eigenvalue weighted by atomic mass is 16.1. The summed E-state index contributed by atoms with van der Waals surface area (Å²) in [5, 5.41) is 5.97. The summed E-state index contributed by atoms with van der Waals surface area (Å²) in [4.78, 5) is 16.3. The number of pyridine rings is 1. The van der Waals surface area contributed by atoms with Gasteiger partial charge in [-0.3, -0.25) is 4.79 Å². The lowest BCUT2D eigenvalue weighted by molar-refractivity contribution is 0.0934. The number of aryl methyl sites for hydroxylation is 1. The molecule has 1 heterocycles. The minimum Gasteiger partial charge on any atom is -0.373 e. The van der Waals surface area contributed by atoms with Crippen LogP contribution in [0.5, 0.6) is 0 Å². The number of nitrogens with one attached hydrogen (secondary N) is 2. The highest BCUT2D eigenvalue weighted by molar-refractivity contribution is 5.95. The molecule has 1 rings (SSSR count). The van der Waals surface area contributed by atoms with E-state index in [2.05, 4.69) is 29.5 Å². The monoisotopic (exact) mass is 235 g/mol. The van der Waals surface area contributed by atoms with E-state index < -0.39 is 0 Å². The topological polar surface area (TPSA) is 54.0 Å². The molecule has 0 saturated heterocycles. The number of anilines is 1. The second kappa shape index (κ2) is 6.23. The quantitative estimate of drug-likeness (QED) is 0.823. The maximum absolute atomic E-state index is 12.0. The minimum atomic E-state index is -0.0271. The molecule has 0 unspecified atom stereocenters. The van der Waals surface area contributed by atoms with Gasteiger partial charge >= 0.3 is 0 Å². The van der Waals surface area contributed by atoms with Gasteiger partial charge in [0.05, 0.1) is 0 Å². The molecule has 4 heteroatoms. The number of amides is 1. The van der Waals surface area contributed by atoms with E-state index in [1.165, 1.54) is 0 Å². The molecule has 0 bridgehead atoms. The molecule has 0 aliphatic carbocycles. The molecular formula is C13H21N3O. The van der Waals surface area contributed by atoms with Gasteiger partial charge < -0.3 is 10.6 Å². The Labute approximate surface area is 103 Å². The Hall–Kier alpha value is -1.58. The summed E-state index contributed by atoms with van der Waals surface area (Å²) < 4.78 is 0. The summed E-state index contributed by atoms with van der Waals surface area (Å²) in [6.07, 6.45) is 1.90. The van der Waals surface area contributed by atoms with Gasteiger partial charge in [-0.15, -0.1) is 0 Å². The number of nitrogens with zero attached hydrogens (tertiary/aromatic N) is 1. The van der Waals surface area contributed by atoms with Crippen LogP contribution in [0.25, 0.3) is 0 Å². The second-order valence-corrected chi connectivity index (χ2v) is 4.12. The van der Waals surface area contributed by atoms with Gasteiger partial charge in [0.1, 0.15) is 5.82 Å². The van der Waals surface area contributed by atoms with Crippen LogP contribution in [0.1, 0.15) is 42.7 Å². The molecule has 17 heavy (non-hydrogen) atoms. The zero-order chi connectivity index (χ0) is 12.8. The highest BCUT2D eigenvalue weighted by Crippen LogP contribution is 2.10. The van der Waals surface area contributed by atoms with Crippen molar-refractivity contribution in [2.45, 2.75) is 39.7 Å². The highest BCUT2D eigenvalue weighted by Gasteiger charge is 2.11. The Balaban J connectivity index is 2.84. The van der Waals surface area contributed by atoms with Crippen molar-refractivity contribution in [3.05, 3.63) is 23.4 Å². The van der Waals surface area contributed by atoms with Crippen LogP contribution >= 0.6 is 0 Å². The van der Waals surface area contributed by atoms with Crippen LogP contribution in [0.2, 0.25) is 0 Å². The fraction of sp³-hybridized carbons (Fsp3) is 0.538. The van der Waals surface area contributed by atoms with Crippen LogP contribution in [0.15, 0.2) is 12.1 Å². The van der Waals surface area contributed by atoms with Crippen LogP contribution in [0.3, 0.4) is 0 Å². The Bertz CT molecular complexity index is 386. The fourth-order valence-electron chi connectivity index (χ4n) is 1.69. The van der Waals surface area contributed by atoms with E-state index in [-0.39, 0.29) is 11.9 Å². The standard InChI is InChI=1S/C13H21N3O/c1-5-11(6-2)16-13(17)10-7-9(3)15-12(8-10)14-4/h7-8,11H,5-6H2,1-4H3,(H,14,15)(H,16,17). The van der Waals surface area contributed by atoms with Crippen molar-refractivity contribution >= 4 is 11.7 Å². The third-order valence-electron chi connectivity index (χ3n) is 2.79. The number of aromatic nitrogens is 1. The van der Waals surface area contributed by atoms with E-state index >= 15 is 0 Å². The Morgan fingerprint density at radius 1 is 1.35 bits per heavy atom. The second-order valence-electron chi connectivity index (χ2n) is 4.12. The first-order chi connectivity index (χ1) is 8.10. The molecular weight excluding hydrogens is 214 g/mol. The molecule has 4 nitrogen and oxygen atoms in total. The summed E-state index contributed by atoms with van der Waals surface area (Å²) in [5.41, 5.74) is 1.50. The number of rotatable bonds is 5. The molecule has 0 fully saturated rings. The molecule has 2 N–H and O–H groups in total. The van der Waals surface area contributed by atoms with Gasteiger partial charge in [0.15, 0.2) is 0 Å². The van der Waals surface area contributed by atoms with Crippen LogP contribution < -0.4 is 10.6 Å². The minimum absolute atomic E-state index is 0.0271. The van der Waals surface area contributed by atoms with Gasteiger partial charge in [0, 0.05) is 24.3 Å². The molecule has 0 radical (unpaired) electrons. The smallest absolute Gasteiger partial charge is 0.251 e. The first kappa shape index (κ1) is 13.5. The van der Waals surface area contributed by atoms with Crippen LogP contribution in [-0.4, -0.2) is 24.0 Å². The van der Waals surface area contributed by atoms with Crippen molar-refractivity contribution in [1.29, 1.82) is 0 Å². The molecule has 0 spiro atoms. The molecule has 1 amide bonds. The summed E-state index contributed by atoms with van der Waals surface area (Å²) in [5.74, 6) is 0.695. The van der Waals surface area contributed by atoms with Crippen molar-refractivity contribution in [3.63, 3.8) is 0 Å². The molecule has 0 aromatic carbocycles. The van der Waals surface area contributed by atoms with E-state index in [1.807, 2.05) is 6.92 Å². The zero-order valence-corrected chi connectivity index (χ0v) is 11.0. The number of carbonyl (C=O) groups is 1. The first-order valence-corrected chi connectivity index (χ1v) is 6.08. The maximum atomic E-state index is 12.0. The molecule has 1 aromatic heterocycles. The summed E-state index contributed by atoms with van der Waals surface area (Å²) >= 11 is 0. The maximum Gasteiger partial charge on any atom is 0.251 e. The number of hydrogen-bond acceptors (Lipinski definition) is 3. The molecule has 0 aliphatic rings. The zero-order valence-electron chi connectivity index (χ0n) is 11.0. The lowest BCUT2D eigenvalue weighted by Gasteiger charge is -2.15. The van der Waals surface area contributed by atoms with E-state index in [9.17, 15) is 4.79 Å². The molecule has 0 aliphatic heterocycles. The van der Waals surface area contributed by atoms with E-state index in [0.717, 1.165) is 24.4 Å². The van der Waals surface area contributed by atoms with Gasteiger partial charge in [-0.25, -0.2) is 4.98 Å². The number of carbonyl (C=O) groups excluding carboxylic acids is 1. The van der Waals surface area contributed by atoms with Gasteiger partial charge in [-0.1, -0.05) is 13.8 Å². The van der Waals surface area contributed by atoms with Crippen molar-refractivity contribution in [2.75, 3.05) is 12.4 Å². The van der Waals surface area contributed by atoms with E-state index in [4.69, 9.17) is 0 Å². The molecule has 1 aromatic rings. The lowest BCUT2D eigenvalue weighted by Crippen LogP contribution is -2.33.